The van der Waals surface area contributed by atoms with Gasteiger partial charge in [-0.2, -0.15) is 5.10 Å². The summed E-state index contributed by atoms with van der Waals surface area (Å²) in [4.78, 5) is 12.6. The summed E-state index contributed by atoms with van der Waals surface area (Å²) in [5.74, 6) is -0.566. The highest BCUT2D eigenvalue weighted by molar-refractivity contribution is 7.92. The van der Waals surface area contributed by atoms with Gasteiger partial charge < -0.3 is 0 Å². The molecular weight excluding hydrogens is 446 g/mol. The number of hydrogen-bond donors (Lipinski definition) is 1. The van der Waals surface area contributed by atoms with Crippen LogP contribution in [-0.4, -0.2) is 27.1 Å². The average Bonchev–Trinajstić information content (AvgIpc) is 2.76. The van der Waals surface area contributed by atoms with E-state index in [0.29, 0.717) is 10.7 Å². The molecule has 0 unspecified atom stereocenters. The van der Waals surface area contributed by atoms with Gasteiger partial charge in [-0.05, 0) is 73.9 Å². The van der Waals surface area contributed by atoms with E-state index in [4.69, 9.17) is 11.6 Å². The first-order chi connectivity index (χ1) is 15.2. The van der Waals surface area contributed by atoms with Crippen LogP contribution in [0.2, 0.25) is 5.02 Å². The summed E-state index contributed by atoms with van der Waals surface area (Å²) in [6.45, 7) is 5.37. The van der Waals surface area contributed by atoms with Gasteiger partial charge in [0.25, 0.3) is 15.9 Å². The largest absolute Gasteiger partial charge is 0.271 e. The van der Waals surface area contributed by atoms with E-state index in [1.165, 1.54) is 30.5 Å². The fraction of sp³-hybridized carbons (Fsp3) is 0.167. The second-order valence-corrected chi connectivity index (χ2v) is 9.74. The molecule has 166 valence electrons. The van der Waals surface area contributed by atoms with Gasteiger partial charge in [-0.25, -0.2) is 13.8 Å². The van der Waals surface area contributed by atoms with E-state index >= 15 is 0 Å². The number of sulfonamides is 1. The Labute approximate surface area is 193 Å². The van der Waals surface area contributed by atoms with E-state index in [0.717, 1.165) is 26.6 Å². The Hall–Kier alpha value is -3.16. The van der Waals surface area contributed by atoms with E-state index in [2.05, 4.69) is 10.5 Å². The number of amides is 1. The monoisotopic (exact) mass is 469 g/mol. The van der Waals surface area contributed by atoms with E-state index < -0.39 is 22.5 Å². The number of rotatable bonds is 7. The zero-order valence-electron chi connectivity index (χ0n) is 18.0. The molecule has 0 fully saturated rings. The first-order valence-corrected chi connectivity index (χ1v) is 11.7. The fourth-order valence-electron chi connectivity index (χ4n) is 2.93. The van der Waals surface area contributed by atoms with Crippen LogP contribution in [0.15, 0.2) is 76.7 Å². The predicted octanol–water partition coefficient (Wildman–Crippen LogP) is 4.61. The molecule has 32 heavy (non-hydrogen) atoms. The van der Waals surface area contributed by atoms with Crippen LogP contribution in [0.4, 0.5) is 5.69 Å². The fourth-order valence-corrected chi connectivity index (χ4v) is 4.47. The molecule has 0 heterocycles. The second kappa shape index (κ2) is 9.97. The van der Waals surface area contributed by atoms with Crippen molar-refractivity contribution in [1.82, 2.24) is 5.43 Å². The summed E-state index contributed by atoms with van der Waals surface area (Å²) >= 11 is 5.91. The van der Waals surface area contributed by atoms with Crippen molar-refractivity contribution >= 4 is 39.4 Å². The third-order valence-electron chi connectivity index (χ3n) is 4.95. The first-order valence-electron chi connectivity index (χ1n) is 9.91. The van der Waals surface area contributed by atoms with Crippen molar-refractivity contribution < 1.29 is 13.2 Å². The molecule has 0 aliphatic rings. The Morgan fingerprint density at radius 3 is 2.25 bits per heavy atom. The molecular formula is C24H24ClN3O3S. The molecule has 3 aromatic carbocycles. The smallest absolute Gasteiger partial charge is 0.264 e. The van der Waals surface area contributed by atoms with E-state index in [9.17, 15) is 13.2 Å². The number of carbonyl (C=O) groups excluding carboxylic acids is 1. The van der Waals surface area contributed by atoms with Gasteiger partial charge in [0.1, 0.15) is 6.54 Å². The van der Waals surface area contributed by atoms with Crippen molar-refractivity contribution in [2.75, 3.05) is 10.8 Å². The number of hydrogen-bond acceptors (Lipinski definition) is 4. The molecule has 0 aromatic heterocycles. The molecule has 1 amide bonds. The SMILES string of the molecule is Cc1ccc(/C=N\NC(=O)CN(c2ccc(C)c(C)c2)S(=O)(=O)c2ccc(Cl)cc2)cc1. The topological polar surface area (TPSA) is 78.8 Å². The van der Waals surface area contributed by atoms with Crippen molar-refractivity contribution in [3.05, 3.63) is 94.0 Å². The van der Waals surface area contributed by atoms with Gasteiger partial charge in [-0.1, -0.05) is 47.5 Å². The maximum atomic E-state index is 13.4. The molecule has 1 N–H and O–H groups in total. The minimum atomic E-state index is -4.02. The summed E-state index contributed by atoms with van der Waals surface area (Å²) in [6.07, 6.45) is 1.51. The molecule has 0 spiro atoms. The van der Waals surface area contributed by atoms with Gasteiger partial charge in [0.2, 0.25) is 0 Å². The maximum absolute atomic E-state index is 13.4. The highest BCUT2D eigenvalue weighted by Gasteiger charge is 2.27. The highest BCUT2D eigenvalue weighted by Crippen LogP contribution is 2.26. The van der Waals surface area contributed by atoms with Crippen LogP contribution in [0.5, 0.6) is 0 Å². The lowest BCUT2D eigenvalue weighted by molar-refractivity contribution is -0.119. The maximum Gasteiger partial charge on any atom is 0.264 e. The zero-order chi connectivity index (χ0) is 23.3. The van der Waals surface area contributed by atoms with Crippen molar-refractivity contribution in [2.24, 2.45) is 5.10 Å². The minimum Gasteiger partial charge on any atom is -0.271 e. The quantitative estimate of drug-likeness (QED) is 0.405. The molecule has 3 aromatic rings. The number of nitrogens with zero attached hydrogens (tertiary/aromatic N) is 2. The Morgan fingerprint density at radius 2 is 1.62 bits per heavy atom. The Balaban J connectivity index is 1.86. The van der Waals surface area contributed by atoms with Crippen LogP contribution >= 0.6 is 11.6 Å². The number of hydrazone groups is 1. The average molecular weight is 470 g/mol. The summed E-state index contributed by atoms with van der Waals surface area (Å²) in [5, 5.41) is 4.37. The van der Waals surface area contributed by atoms with Crippen molar-refractivity contribution in [3.63, 3.8) is 0 Å². The minimum absolute atomic E-state index is 0.0380. The number of halogens is 1. The summed E-state index contributed by atoms with van der Waals surface area (Å²) in [6, 6.07) is 18.7. The van der Waals surface area contributed by atoms with Crippen LogP contribution in [0, 0.1) is 20.8 Å². The van der Waals surface area contributed by atoms with Crippen LogP contribution in [0.25, 0.3) is 0 Å². The van der Waals surface area contributed by atoms with Crippen LogP contribution in [0.1, 0.15) is 22.3 Å². The third-order valence-corrected chi connectivity index (χ3v) is 6.99. The third kappa shape index (κ3) is 5.75. The molecule has 0 atom stereocenters. The molecule has 0 bridgehead atoms. The van der Waals surface area contributed by atoms with E-state index in [1.807, 2.05) is 51.1 Å². The summed E-state index contributed by atoms with van der Waals surface area (Å²) in [5.41, 5.74) is 6.66. The van der Waals surface area contributed by atoms with Crippen molar-refractivity contribution in [1.29, 1.82) is 0 Å². The number of nitrogens with one attached hydrogen (secondary N) is 1. The molecule has 0 aliphatic heterocycles. The molecule has 6 nitrogen and oxygen atoms in total. The standard InChI is InChI=1S/C24H24ClN3O3S/c1-17-4-7-20(8-5-17)15-26-27-24(29)16-28(22-11-6-18(2)19(3)14-22)32(30,31)23-12-9-21(25)10-13-23/h4-15H,16H2,1-3H3,(H,27,29)/b26-15-. The Bertz CT molecular complexity index is 1240. The highest BCUT2D eigenvalue weighted by atomic mass is 35.5. The number of anilines is 1. The van der Waals surface area contributed by atoms with Crippen molar-refractivity contribution in [3.8, 4) is 0 Å². The van der Waals surface area contributed by atoms with Gasteiger partial charge in [-0.3, -0.25) is 9.10 Å². The molecule has 0 aliphatic carbocycles. The Morgan fingerprint density at radius 1 is 0.969 bits per heavy atom. The van der Waals surface area contributed by atoms with Crippen LogP contribution in [0.3, 0.4) is 0 Å². The van der Waals surface area contributed by atoms with Gasteiger partial charge in [0, 0.05) is 5.02 Å². The second-order valence-electron chi connectivity index (χ2n) is 7.44. The number of aryl methyl sites for hydroxylation is 3. The molecule has 0 saturated carbocycles. The van der Waals surface area contributed by atoms with Gasteiger partial charge in [0.05, 0.1) is 16.8 Å². The lowest BCUT2D eigenvalue weighted by Crippen LogP contribution is -2.39. The predicted molar refractivity (Wildman–Crippen MR) is 129 cm³/mol. The summed E-state index contributed by atoms with van der Waals surface area (Å²) < 4.78 is 27.8. The van der Waals surface area contributed by atoms with Crippen LogP contribution < -0.4 is 9.73 Å². The zero-order valence-corrected chi connectivity index (χ0v) is 19.6. The molecule has 8 heteroatoms. The van der Waals surface area contributed by atoms with Gasteiger partial charge in [0.15, 0.2) is 0 Å². The summed E-state index contributed by atoms with van der Waals surface area (Å²) in [7, 11) is -4.02. The lowest BCUT2D eigenvalue weighted by atomic mass is 10.1. The molecule has 0 radical (unpaired) electrons. The van der Waals surface area contributed by atoms with Crippen LogP contribution in [-0.2, 0) is 14.8 Å². The lowest BCUT2D eigenvalue weighted by Gasteiger charge is -2.24. The Kier molecular flexibility index (Phi) is 7.33. The first kappa shape index (κ1) is 23.5. The van der Waals surface area contributed by atoms with Gasteiger partial charge >= 0.3 is 0 Å². The van der Waals surface area contributed by atoms with E-state index in [-0.39, 0.29) is 4.90 Å². The van der Waals surface area contributed by atoms with Gasteiger partial charge in [-0.15, -0.1) is 0 Å². The normalized spacial score (nSPS) is 11.5. The molecule has 0 saturated heterocycles. The number of carbonyl (C=O) groups is 1. The molecule has 3 rings (SSSR count). The number of benzene rings is 3. The van der Waals surface area contributed by atoms with Crippen molar-refractivity contribution in [2.45, 2.75) is 25.7 Å². The van der Waals surface area contributed by atoms with E-state index in [1.54, 1.807) is 12.1 Å².